The average molecular weight is 486 g/mol. The van der Waals surface area contributed by atoms with Crippen LogP contribution in [0.4, 0.5) is 4.39 Å². The van der Waals surface area contributed by atoms with E-state index in [0.717, 1.165) is 24.0 Å². The van der Waals surface area contributed by atoms with Crippen molar-refractivity contribution in [3.63, 3.8) is 0 Å². The van der Waals surface area contributed by atoms with E-state index in [4.69, 9.17) is 14.6 Å². The van der Waals surface area contributed by atoms with Crippen LogP contribution in [0.5, 0.6) is 17.4 Å². The number of carbonyl (C=O) groups is 1. The number of benzene rings is 3. The third-order valence-corrected chi connectivity index (χ3v) is 6.33. The molecule has 36 heavy (non-hydrogen) atoms. The van der Waals surface area contributed by atoms with E-state index in [2.05, 4.69) is 0 Å². The highest BCUT2D eigenvalue weighted by Crippen LogP contribution is 2.38. The smallest absolute Gasteiger partial charge is 0.257 e. The van der Waals surface area contributed by atoms with Crippen LogP contribution in [0.3, 0.4) is 0 Å². The van der Waals surface area contributed by atoms with Crippen molar-refractivity contribution in [2.75, 3.05) is 13.7 Å². The number of hydrogen-bond donors (Lipinski definition) is 0. The molecule has 0 bridgehead atoms. The van der Waals surface area contributed by atoms with Crippen LogP contribution in [-0.2, 0) is 13.6 Å². The molecule has 1 heterocycles. The summed E-state index contributed by atoms with van der Waals surface area (Å²) in [5.41, 5.74) is 2.43. The molecule has 1 fully saturated rings. The van der Waals surface area contributed by atoms with E-state index in [1.807, 2.05) is 61.6 Å². The van der Waals surface area contributed by atoms with Gasteiger partial charge in [0.05, 0.1) is 24.8 Å². The molecule has 1 aromatic heterocycles. The zero-order chi connectivity index (χ0) is 25.1. The Hall–Kier alpha value is -4.13. The van der Waals surface area contributed by atoms with Crippen LogP contribution < -0.4 is 9.47 Å². The molecule has 0 spiro atoms. The second kappa shape index (κ2) is 10.2. The van der Waals surface area contributed by atoms with Crippen LogP contribution in [0.2, 0.25) is 0 Å². The molecule has 0 saturated heterocycles. The SMILES string of the molecule is COc1ccccc1Oc1c(CN(CC2CC2)C(=O)c2ccccc2F)c(-c2ccccc2)nn1C. The van der Waals surface area contributed by atoms with Crippen molar-refractivity contribution in [3.8, 4) is 28.6 Å². The van der Waals surface area contributed by atoms with E-state index in [-0.39, 0.29) is 18.0 Å². The number of halogens is 1. The molecule has 5 rings (SSSR count). The molecule has 1 aliphatic rings. The number of amides is 1. The van der Waals surface area contributed by atoms with Gasteiger partial charge in [-0.25, -0.2) is 9.07 Å². The summed E-state index contributed by atoms with van der Waals surface area (Å²) in [6.07, 6.45) is 2.12. The van der Waals surface area contributed by atoms with Gasteiger partial charge in [-0.2, -0.15) is 5.10 Å². The minimum atomic E-state index is -0.525. The van der Waals surface area contributed by atoms with Crippen LogP contribution in [-0.4, -0.2) is 34.2 Å². The highest BCUT2D eigenvalue weighted by Gasteiger charge is 2.31. The summed E-state index contributed by atoms with van der Waals surface area (Å²) in [6, 6.07) is 23.3. The van der Waals surface area contributed by atoms with E-state index >= 15 is 0 Å². The lowest BCUT2D eigenvalue weighted by atomic mass is 10.1. The number of aromatic nitrogens is 2. The molecular formula is C29H28FN3O3. The van der Waals surface area contributed by atoms with Gasteiger partial charge in [0.25, 0.3) is 5.91 Å². The van der Waals surface area contributed by atoms with E-state index < -0.39 is 5.82 Å². The summed E-state index contributed by atoms with van der Waals surface area (Å²) >= 11 is 0. The number of aryl methyl sites for hydroxylation is 1. The molecule has 1 aliphatic carbocycles. The number of para-hydroxylation sites is 2. The minimum absolute atomic E-state index is 0.0653. The molecule has 7 heteroatoms. The predicted molar refractivity (Wildman–Crippen MR) is 136 cm³/mol. The van der Waals surface area contributed by atoms with E-state index in [1.54, 1.807) is 28.8 Å². The van der Waals surface area contributed by atoms with Crippen molar-refractivity contribution in [1.29, 1.82) is 0 Å². The largest absolute Gasteiger partial charge is 0.493 e. The maximum atomic E-state index is 14.6. The maximum Gasteiger partial charge on any atom is 0.257 e. The molecule has 1 saturated carbocycles. The fourth-order valence-corrected chi connectivity index (χ4v) is 4.29. The molecule has 0 N–H and O–H groups in total. The first kappa shape index (κ1) is 23.6. The Kier molecular flexibility index (Phi) is 6.71. The van der Waals surface area contributed by atoms with Crippen molar-refractivity contribution >= 4 is 5.91 Å². The second-order valence-corrected chi connectivity index (χ2v) is 8.98. The van der Waals surface area contributed by atoms with Crippen molar-refractivity contribution in [1.82, 2.24) is 14.7 Å². The summed E-state index contributed by atoms with van der Waals surface area (Å²) in [4.78, 5) is 15.3. The van der Waals surface area contributed by atoms with Crippen LogP contribution in [0.15, 0.2) is 78.9 Å². The molecule has 1 amide bonds. The topological polar surface area (TPSA) is 56.6 Å². The van der Waals surface area contributed by atoms with Gasteiger partial charge in [-0.15, -0.1) is 0 Å². The Morgan fingerprint density at radius 1 is 1.00 bits per heavy atom. The fourth-order valence-electron chi connectivity index (χ4n) is 4.29. The number of methoxy groups -OCH3 is 1. The van der Waals surface area contributed by atoms with E-state index in [9.17, 15) is 9.18 Å². The van der Waals surface area contributed by atoms with Crippen molar-refractivity contribution in [2.45, 2.75) is 19.4 Å². The zero-order valence-corrected chi connectivity index (χ0v) is 20.4. The zero-order valence-electron chi connectivity index (χ0n) is 20.4. The molecule has 0 unspecified atom stereocenters. The van der Waals surface area contributed by atoms with Gasteiger partial charge in [0.15, 0.2) is 11.5 Å². The van der Waals surface area contributed by atoms with E-state index in [0.29, 0.717) is 35.5 Å². The molecule has 0 radical (unpaired) electrons. The number of ether oxygens (including phenoxy) is 2. The van der Waals surface area contributed by atoms with Crippen molar-refractivity contribution < 1.29 is 18.7 Å². The summed E-state index contributed by atoms with van der Waals surface area (Å²) in [6.45, 7) is 0.774. The molecule has 4 aromatic rings. The Bertz CT molecular complexity index is 1370. The first-order valence-corrected chi connectivity index (χ1v) is 12.0. The van der Waals surface area contributed by atoms with Crippen LogP contribution >= 0.6 is 0 Å². The van der Waals surface area contributed by atoms with Gasteiger partial charge in [-0.05, 0) is 43.0 Å². The molecule has 0 atom stereocenters. The predicted octanol–water partition coefficient (Wildman–Crippen LogP) is 6.08. The average Bonchev–Trinajstić information content (AvgIpc) is 3.68. The standard InChI is InChI=1S/C29H28FN3O3/c1-32-29(36-26-15-9-8-14-25(26)35-2)23(27(31-32)21-10-4-3-5-11-21)19-33(18-20-16-17-20)28(34)22-12-6-7-13-24(22)30/h3-15,20H,16-19H2,1-2H3. The third kappa shape index (κ3) is 4.96. The first-order chi connectivity index (χ1) is 17.5. The maximum absolute atomic E-state index is 14.6. The Balaban J connectivity index is 1.58. The van der Waals surface area contributed by atoms with Crippen LogP contribution in [0, 0.1) is 11.7 Å². The Morgan fingerprint density at radius 3 is 2.36 bits per heavy atom. The summed E-state index contributed by atoms with van der Waals surface area (Å²) in [5, 5.41) is 4.77. The normalized spacial score (nSPS) is 12.9. The highest BCUT2D eigenvalue weighted by atomic mass is 19.1. The second-order valence-electron chi connectivity index (χ2n) is 8.98. The Morgan fingerprint density at radius 2 is 1.67 bits per heavy atom. The summed E-state index contributed by atoms with van der Waals surface area (Å²) < 4.78 is 28.1. The van der Waals surface area contributed by atoms with Gasteiger partial charge in [-0.3, -0.25) is 4.79 Å². The van der Waals surface area contributed by atoms with Crippen molar-refractivity contribution in [2.24, 2.45) is 13.0 Å². The minimum Gasteiger partial charge on any atom is -0.493 e. The summed E-state index contributed by atoms with van der Waals surface area (Å²) in [7, 11) is 3.40. The summed E-state index contributed by atoms with van der Waals surface area (Å²) in [5.74, 6) is 1.17. The number of hydrogen-bond acceptors (Lipinski definition) is 4. The third-order valence-electron chi connectivity index (χ3n) is 6.33. The van der Waals surface area contributed by atoms with E-state index in [1.165, 1.54) is 12.1 Å². The molecule has 3 aromatic carbocycles. The Labute approximate surface area is 209 Å². The van der Waals surface area contributed by atoms with Crippen LogP contribution in [0.1, 0.15) is 28.8 Å². The van der Waals surface area contributed by atoms with Crippen LogP contribution in [0.25, 0.3) is 11.3 Å². The number of carbonyl (C=O) groups excluding carboxylic acids is 1. The molecular weight excluding hydrogens is 457 g/mol. The van der Waals surface area contributed by atoms with Gasteiger partial charge in [-0.1, -0.05) is 54.6 Å². The number of nitrogens with zero attached hydrogens (tertiary/aromatic N) is 3. The highest BCUT2D eigenvalue weighted by molar-refractivity contribution is 5.94. The molecule has 6 nitrogen and oxygen atoms in total. The lowest BCUT2D eigenvalue weighted by molar-refractivity contribution is 0.0729. The fraction of sp³-hybridized carbons (Fsp3) is 0.241. The van der Waals surface area contributed by atoms with Gasteiger partial charge in [0.1, 0.15) is 11.5 Å². The van der Waals surface area contributed by atoms with Gasteiger partial charge in [0, 0.05) is 19.2 Å². The lowest BCUT2D eigenvalue weighted by Gasteiger charge is -2.24. The van der Waals surface area contributed by atoms with Gasteiger partial charge >= 0.3 is 0 Å². The number of rotatable bonds is 9. The van der Waals surface area contributed by atoms with Gasteiger partial charge in [0.2, 0.25) is 5.88 Å². The lowest BCUT2D eigenvalue weighted by Crippen LogP contribution is -2.33. The van der Waals surface area contributed by atoms with Gasteiger partial charge < -0.3 is 14.4 Å². The monoisotopic (exact) mass is 485 g/mol. The van der Waals surface area contributed by atoms with Crippen molar-refractivity contribution in [3.05, 3.63) is 95.8 Å². The molecule has 0 aliphatic heterocycles. The quantitative estimate of drug-likeness (QED) is 0.288. The first-order valence-electron chi connectivity index (χ1n) is 12.0. The molecule has 184 valence electrons.